The Hall–Kier alpha value is -3.03. The summed E-state index contributed by atoms with van der Waals surface area (Å²) in [6.45, 7) is 3.72. The minimum absolute atomic E-state index is 0.112. The summed E-state index contributed by atoms with van der Waals surface area (Å²) in [4.78, 5) is 25.1. The molecule has 0 aliphatic carbocycles. The number of carbonyl (C=O) groups is 2. The van der Waals surface area contributed by atoms with E-state index in [-0.39, 0.29) is 11.0 Å². The van der Waals surface area contributed by atoms with Crippen molar-refractivity contribution >= 4 is 45.5 Å². The number of amides is 2. The molecule has 0 bridgehead atoms. The second kappa shape index (κ2) is 8.33. The maximum absolute atomic E-state index is 12.5. The number of carbonyl (C=O) groups excluding carboxylic acids is 2. The average Bonchev–Trinajstić information content (AvgIpc) is 2.95. The van der Waals surface area contributed by atoms with E-state index in [9.17, 15) is 9.59 Å². The Balaban J connectivity index is 1.69. The van der Waals surface area contributed by atoms with Gasteiger partial charge in [0.15, 0.2) is 5.11 Å². The van der Waals surface area contributed by atoms with E-state index < -0.39 is 5.91 Å². The van der Waals surface area contributed by atoms with Crippen molar-refractivity contribution in [2.24, 2.45) is 5.73 Å². The molecule has 0 spiro atoms. The van der Waals surface area contributed by atoms with E-state index in [0.29, 0.717) is 16.1 Å². The van der Waals surface area contributed by atoms with Crippen LogP contribution in [0.5, 0.6) is 0 Å². The highest BCUT2D eigenvalue weighted by atomic mass is 32.1. The summed E-state index contributed by atoms with van der Waals surface area (Å²) in [6.07, 6.45) is 0. The Morgan fingerprint density at radius 1 is 0.964 bits per heavy atom. The lowest BCUT2D eigenvalue weighted by molar-refractivity contribution is 0.0975. The van der Waals surface area contributed by atoms with Crippen LogP contribution in [0.25, 0.3) is 11.1 Å². The molecule has 0 aliphatic heterocycles. The fourth-order valence-electron chi connectivity index (χ4n) is 2.77. The molecule has 142 valence electrons. The number of rotatable bonds is 4. The van der Waals surface area contributed by atoms with Crippen LogP contribution in [0.4, 0.5) is 5.00 Å². The first-order valence-electron chi connectivity index (χ1n) is 8.54. The van der Waals surface area contributed by atoms with E-state index in [2.05, 4.69) is 10.6 Å². The van der Waals surface area contributed by atoms with Gasteiger partial charge >= 0.3 is 0 Å². The van der Waals surface area contributed by atoms with E-state index in [0.717, 1.165) is 21.6 Å². The molecule has 5 nitrogen and oxygen atoms in total. The smallest absolute Gasteiger partial charge is 0.257 e. The van der Waals surface area contributed by atoms with E-state index in [1.807, 2.05) is 56.3 Å². The Labute approximate surface area is 172 Å². The highest BCUT2D eigenvalue weighted by molar-refractivity contribution is 7.80. The third kappa shape index (κ3) is 4.27. The van der Waals surface area contributed by atoms with Crippen molar-refractivity contribution in [1.29, 1.82) is 0 Å². The summed E-state index contributed by atoms with van der Waals surface area (Å²) in [5.74, 6) is -0.863. The Morgan fingerprint density at radius 3 is 2.18 bits per heavy atom. The number of hydrogen-bond donors (Lipinski definition) is 3. The monoisotopic (exact) mass is 409 g/mol. The molecule has 2 aromatic carbocycles. The first-order valence-corrected chi connectivity index (χ1v) is 9.77. The van der Waals surface area contributed by atoms with Gasteiger partial charge in [-0.2, -0.15) is 0 Å². The van der Waals surface area contributed by atoms with Crippen molar-refractivity contribution in [2.45, 2.75) is 13.8 Å². The quantitative estimate of drug-likeness (QED) is 0.562. The zero-order valence-corrected chi connectivity index (χ0v) is 17.0. The van der Waals surface area contributed by atoms with Crippen LogP contribution in [0, 0.1) is 13.8 Å². The number of aryl methyl sites for hydroxylation is 1. The summed E-state index contributed by atoms with van der Waals surface area (Å²) >= 11 is 6.59. The van der Waals surface area contributed by atoms with Crippen molar-refractivity contribution < 1.29 is 9.59 Å². The average molecular weight is 410 g/mol. The van der Waals surface area contributed by atoms with Crippen LogP contribution < -0.4 is 16.4 Å². The molecule has 1 aromatic heterocycles. The van der Waals surface area contributed by atoms with Gasteiger partial charge < -0.3 is 11.1 Å². The van der Waals surface area contributed by atoms with Gasteiger partial charge in [0, 0.05) is 10.4 Å². The number of hydrogen-bond acceptors (Lipinski definition) is 4. The predicted octanol–water partition coefficient (Wildman–Crippen LogP) is 4.26. The maximum Gasteiger partial charge on any atom is 0.257 e. The van der Waals surface area contributed by atoms with Crippen LogP contribution in [0.2, 0.25) is 0 Å². The summed E-state index contributed by atoms with van der Waals surface area (Å²) in [5.41, 5.74) is 9.24. The lowest BCUT2D eigenvalue weighted by Crippen LogP contribution is -2.34. The third-order valence-electron chi connectivity index (χ3n) is 4.34. The molecule has 0 fully saturated rings. The number of nitrogens with one attached hydrogen (secondary N) is 2. The third-order valence-corrected chi connectivity index (χ3v) is 5.67. The molecule has 2 amide bonds. The van der Waals surface area contributed by atoms with Gasteiger partial charge in [0.2, 0.25) is 0 Å². The molecule has 7 heteroatoms. The Bertz CT molecular complexity index is 1040. The van der Waals surface area contributed by atoms with Gasteiger partial charge in [-0.25, -0.2) is 0 Å². The van der Waals surface area contributed by atoms with Gasteiger partial charge in [-0.15, -0.1) is 11.3 Å². The largest absolute Gasteiger partial charge is 0.365 e. The first kappa shape index (κ1) is 19.7. The van der Waals surface area contributed by atoms with E-state index in [1.54, 1.807) is 12.1 Å². The summed E-state index contributed by atoms with van der Waals surface area (Å²) < 4.78 is 0. The van der Waals surface area contributed by atoms with Gasteiger partial charge in [-0.3, -0.25) is 14.9 Å². The van der Waals surface area contributed by atoms with E-state index >= 15 is 0 Å². The van der Waals surface area contributed by atoms with Crippen molar-refractivity contribution in [3.05, 3.63) is 76.2 Å². The number of thiocarbonyl (C=S) groups is 1. The van der Waals surface area contributed by atoms with Crippen LogP contribution in [0.3, 0.4) is 0 Å². The predicted molar refractivity (Wildman–Crippen MR) is 118 cm³/mol. The van der Waals surface area contributed by atoms with E-state index in [1.165, 1.54) is 11.3 Å². The van der Waals surface area contributed by atoms with Crippen LogP contribution in [0.15, 0.2) is 54.6 Å². The highest BCUT2D eigenvalue weighted by Gasteiger charge is 2.18. The number of primary amides is 1. The number of nitrogens with two attached hydrogens (primary N) is 1. The molecule has 0 atom stereocenters. The maximum atomic E-state index is 12.5. The van der Waals surface area contributed by atoms with Crippen LogP contribution in [0.1, 0.15) is 31.2 Å². The summed E-state index contributed by atoms with van der Waals surface area (Å²) in [7, 11) is 0. The molecular weight excluding hydrogens is 390 g/mol. The molecule has 0 unspecified atom stereocenters. The fourth-order valence-corrected chi connectivity index (χ4v) is 4.10. The Morgan fingerprint density at radius 2 is 1.57 bits per heavy atom. The topological polar surface area (TPSA) is 84.2 Å². The van der Waals surface area contributed by atoms with Gasteiger partial charge in [-0.05, 0) is 54.9 Å². The van der Waals surface area contributed by atoms with Gasteiger partial charge in [0.25, 0.3) is 11.8 Å². The van der Waals surface area contributed by atoms with Crippen LogP contribution in [-0.2, 0) is 0 Å². The molecule has 0 saturated carbocycles. The fraction of sp³-hybridized carbons (Fsp3) is 0.0952. The normalized spacial score (nSPS) is 10.4. The standard InChI is InChI=1S/C21H19N3O2S2/c1-12-13(2)28-20(17(12)18(22)25)24-21(27)23-19(26)16-10-8-15(9-11-16)14-6-4-3-5-7-14/h3-11H,1-2H3,(H2,22,25)(H2,23,24,26,27). The van der Waals surface area contributed by atoms with Crippen molar-refractivity contribution in [3.63, 3.8) is 0 Å². The summed E-state index contributed by atoms with van der Waals surface area (Å²) in [6, 6.07) is 17.2. The van der Waals surface area contributed by atoms with Gasteiger partial charge in [0.05, 0.1) is 5.56 Å². The van der Waals surface area contributed by atoms with Gasteiger partial charge in [0.1, 0.15) is 5.00 Å². The molecule has 4 N–H and O–H groups in total. The lowest BCUT2D eigenvalue weighted by atomic mass is 10.0. The molecule has 0 radical (unpaired) electrons. The highest BCUT2D eigenvalue weighted by Crippen LogP contribution is 2.31. The number of benzene rings is 2. The molecule has 1 heterocycles. The number of anilines is 1. The lowest BCUT2D eigenvalue weighted by Gasteiger charge is -2.10. The SMILES string of the molecule is Cc1sc(NC(=S)NC(=O)c2ccc(-c3ccccc3)cc2)c(C(N)=O)c1C. The minimum atomic E-state index is -0.532. The summed E-state index contributed by atoms with van der Waals surface area (Å²) in [5, 5.41) is 6.19. The molecule has 0 aliphatic rings. The van der Waals surface area contributed by atoms with Crippen molar-refractivity contribution in [1.82, 2.24) is 5.32 Å². The molecule has 3 rings (SSSR count). The van der Waals surface area contributed by atoms with Gasteiger partial charge in [-0.1, -0.05) is 42.5 Å². The van der Waals surface area contributed by atoms with Crippen molar-refractivity contribution in [2.75, 3.05) is 5.32 Å². The first-order chi connectivity index (χ1) is 13.4. The molecule has 0 saturated heterocycles. The zero-order chi connectivity index (χ0) is 20.3. The molecular formula is C21H19N3O2S2. The minimum Gasteiger partial charge on any atom is -0.365 e. The Kier molecular flexibility index (Phi) is 5.87. The van der Waals surface area contributed by atoms with Crippen molar-refractivity contribution in [3.8, 4) is 11.1 Å². The second-order valence-corrected chi connectivity index (χ2v) is 7.84. The zero-order valence-electron chi connectivity index (χ0n) is 15.4. The van der Waals surface area contributed by atoms with Crippen LogP contribution >= 0.6 is 23.6 Å². The van der Waals surface area contributed by atoms with E-state index in [4.69, 9.17) is 18.0 Å². The van der Waals surface area contributed by atoms with Crippen LogP contribution in [-0.4, -0.2) is 16.9 Å². The number of thiophene rings is 1. The molecule has 28 heavy (non-hydrogen) atoms. The molecule has 3 aromatic rings. The second-order valence-electron chi connectivity index (χ2n) is 6.20.